The Hall–Kier alpha value is -3.57. The third-order valence-corrected chi connectivity index (χ3v) is 4.82. The molecule has 158 valence electrons. The van der Waals surface area contributed by atoms with Crippen molar-refractivity contribution < 1.29 is 27.7 Å². The van der Waals surface area contributed by atoms with E-state index in [1.807, 2.05) is 0 Å². The fraction of sp³-hybridized carbons (Fsp3) is 0.158. The number of ether oxygens (including phenoxy) is 1. The SMILES string of the molecule is CCC(OC(=O)/C=C/c1ccc([N+](=O)[O-])cc1)C(=O)Nc1ccc(S(N)(=O)=O)cc1. The number of primary sulfonamides is 1. The predicted octanol–water partition coefficient (Wildman–Crippen LogP) is 2.22. The van der Waals surface area contributed by atoms with Gasteiger partial charge in [-0.2, -0.15) is 0 Å². The summed E-state index contributed by atoms with van der Waals surface area (Å²) in [7, 11) is -3.84. The Kier molecular flexibility index (Phi) is 7.39. The molecule has 1 atom stereocenters. The van der Waals surface area contributed by atoms with Crippen LogP contribution in [0.1, 0.15) is 18.9 Å². The molecule has 11 heteroatoms. The van der Waals surface area contributed by atoms with Crippen LogP contribution in [0.15, 0.2) is 59.5 Å². The van der Waals surface area contributed by atoms with E-state index in [0.29, 0.717) is 11.3 Å². The first-order chi connectivity index (χ1) is 14.1. The summed E-state index contributed by atoms with van der Waals surface area (Å²) in [4.78, 5) is 34.3. The minimum absolute atomic E-state index is 0.0745. The molecule has 0 aliphatic heterocycles. The fourth-order valence-electron chi connectivity index (χ4n) is 2.32. The topological polar surface area (TPSA) is 159 Å². The molecule has 0 heterocycles. The first-order valence-corrected chi connectivity index (χ1v) is 10.2. The average molecular weight is 433 g/mol. The maximum atomic E-state index is 12.3. The predicted molar refractivity (Wildman–Crippen MR) is 109 cm³/mol. The summed E-state index contributed by atoms with van der Waals surface area (Å²) in [5, 5.41) is 18.2. The molecule has 0 fully saturated rings. The quantitative estimate of drug-likeness (QED) is 0.279. The first-order valence-electron chi connectivity index (χ1n) is 8.67. The van der Waals surface area contributed by atoms with Gasteiger partial charge in [0.15, 0.2) is 6.10 Å². The molecule has 2 aromatic rings. The van der Waals surface area contributed by atoms with Crippen molar-refractivity contribution >= 4 is 39.4 Å². The summed E-state index contributed by atoms with van der Waals surface area (Å²) in [6, 6.07) is 10.7. The Morgan fingerprint density at radius 1 is 1.17 bits per heavy atom. The lowest BCUT2D eigenvalue weighted by molar-refractivity contribution is -0.384. The molecular weight excluding hydrogens is 414 g/mol. The largest absolute Gasteiger partial charge is 0.449 e. The Balaban J connectivity index is 1.97. The van der Waals surface area contributed by atoms with Gasteiger partial charge in [-0.15, -0.1) is 0 Å². The number of carbonyl (C=O) groups is 2. The Morgan fingerprint density at radius 3 is 2.27 bits per heavy atom. The number of non-ortho nitro benzene ring substituents is 1. The van der Waals surface area contributed by atoms with E-state index in [0.717, 1.165) is 6.08 Å². The monoisotopic (exact) mass is 433 g/mol. The zero-order valence-electron chi connectivity index (χ0n) is 15.8. The summed E-state index contributed by atoms with van der Waals surface area (Å²) < 4.78 is 27.6. The average Bonchev–Trinajstić information content (AvgIpc) is 2.70. The van der Waals surface area contributed by atoms with Gasteiger partial charge >= 0.3 is 5.97 Å². The standard InChI is InChI=1S/C19H19N3O7S/c1-2-17(19(24)21-14-6-10-16(11-7-14)30(20,27)28)29-18(23)12-5-13-3-8-15(9-4-13)22(25)26/h3-12,17H,2H2,1H3,(H,21,24)(H2,20,27,28)/b12-5+. The van der Waals surface area contributed by atoms with Gasteiger partial charge in [0.1, 0.15) is 0 Å². The number of nitro groups is 1. The molecule has 0 aliphatic rings. The van der Waals surface area contributed by atoms with Gasteiger partial charge in [-0.1, -0.05) is 6.92 Å². The number of nitrogens with two attached hydrogens (primary N) is 1. The molecule has 0 bridgehead atoms. The van der Waals surface area contributed by atoms with Crippen LogP contribution in [0.5, 0.6) is 0 Å². The van der Waals surface area contributed by atoms with Crippen LogP contribution in [0, 0.1) is 10.1 Å². The Labute approximate surface area is 172 Å². The van der Waals surface area contributed by atoms with Crippen LogP contribution in [0.25, 0.3) is 6.08 Å². The number of nitro benzene ring substituents is 1. The molecule has 0 radical (unpaired) electrons. The lowest BCUT2D eigenvalue weighted by Crippen LogP contribution is -2.31. The van der Waals surface area contributed by atoms with Crippen LogP contribution in [-0.4, -0.2) is 31.3 Å². The summed E-state index contributed by atoms with van der Waals surface area (Å²) in [6.45, 7) is 1.65. The summed E-state index contributed by atoms with van der Waals surface area (Å²) in [6.07, 6.45) is 1.65. The molecule has 2 aromatic carbocycles. The van der Waals surface area contributed by atoms with Gasteiger partial charge in [0, 0.05) is 23.9 Å². The molecule has 0 aromatic heterocycles. The summed E-state index contributed by atoms with van der Waals surface area (Å²) in [5.41, 5.74) is 0.780. The third-order valence-electron chi connectivity index (χ3n) is 3.89. The number of esters is 1. The van der Waals surface area contributed by atoms with Gasteiger partial charge in [-0.3, -0.25) is 14.9 Å². The minimum atomic E-state index is -3.84. The molecule has 0 saturated carbocycles. The van der Waals surface area contributed by atoms with Gasteiger partial charge < -0.3 is 10.1 Å². The number of hydrogen-bond donors (Lipinski definition) is 2. The lowest BCUT2D eigenvalue weighted by Gasteiger charge is -2.15. The van der Waals surface area contributed by atoms with E-state index in [4.69, 9.17) is 9.88 Å². The molecule has 0 saturated heterocycles. The zero-order chi connectivity index (χ0) is 22.3. The van der Waals surface area contributed by atoms with Gasteiger partial charge in [0.2, 0.25) is 10.0 Å². The van der Waals surface area contributed by atoms with Crippen LogP contribution in [0.2, 0.25) is 0 Å². The van der Waals surface area contributed by atoms with Gasteiger partial charge in [-0.05, 0) is 54.5 Å². The van der Waals surface area contributed by atoms with E-state index in [-0.39, 0.29) is 17.0 Å². The molecule has 0 spiro atoms. The second kappa shape index (κ2) is 9.76. The number of amides is 1. The van der Waals surface area contributed by atoms with Crippen LogP contribution >= 0.6 is 0 Å². The third kappa shape index (κ3) is 6.50. The van der Waals surface area contributed by atoms with Crippen LogP contribution in [0.3, 0.4) is 0 Å². The number of anilines is 1. The molecule has 0 aliphatic carbocycles. The summed E-state index contributed by atoms with van der Waals surface area (Å²) >= 11 is 0. The number of nitrogens with one attached hydrogen (secondary N) is 1. The van der Waals surface area contributed by atoms with Crippen molar-refractivity contribution in [2.75, 3.05) is 5.32 Å². The van der Waals surface area contributed by atoms with E-state index < -0.39 is 32.9 Å². The smallest absolute Gasteiger partial charge is 0.331 e. The van der Waals surface area contributed by atoms with E-state index in [2.05, 4.69) is 5.32 Å². The minimum Gasteiger partial charge on any atom is -0.449 e. The molecule has 1 amide bonds. The van der Waals surface area contributed by atoms with Crippen molar-refractivity contribution in [1.29, 1.82) is 0 Å². The molecule has 2 rings (SSSR count). The highest BCUT2D eigenvalue weighted by Gasteiger charge is 2.20. The second-order valence-electron chi connectivity index (χ2n) is 6.07. The van der Waals surface area contributed by atoms with Crippen molar-refractivity contribution in [1.82, 2.24) is 0 Å². The Morgan fingerprint density at radius 2 is 1.77 bits per heavy atom. The first kappa shape index (κ1) is 22.7. The van der Waals surface area contributed by atoms with E-state index in [9.17, 15) is 28.1 Å². The molecule has 3 N–H and O–H groups in total. The molecule has 1 unspecified atom stereocenters. The van der Waals surface area contributed by atoms with Gasteiger partial charge in [0.05, 0.1) is 9.82 Å². The normalized spacial score (nSPS) is 12.3. The van der Waals surface area contributed by atoms with Crippen molar-refractivity contribution in [3.05, 3.63) is 70.3 Å². The highest BCUT2D eigenvalue weighted by atomic mass is 32.2. The van der Waals surface area contributed by atoms with Crippen molar-refractivity contribution in [2.45, 2.75) is 24.3 Å². The maximum Gasteiger partial charge on any atom is 0.331 e. The van der Waals surface area contributed by atoms with Crippen LogP contribution < -0.4 is 10.5 Å². The fourth-order valence-corrected chi connectivity index (χ4v) is 2.84. The molecular formula is C19H19N3O7S. The highest BCUT2D eigenvalue weighted by Crippen LogP contribution is 2.15. The number of nitrogens with zero attached hydrogens (tertiary/aromatic N) is 1. The highest BCUT2D eigenvalue weighted by molar-refractivity contribution is 7.89. The number of hydrogen-bond acceptors (Lipinski definition) is 7. The van der Waals surface area contributed by atoms with Crippen LogP contribution in [0.4, 0.5) is 11.4 Å². The van der Waals surface area contributed by atoms with Gasteiger partial charge in [-0.25, -0.2) is 18.4 Å². The Bertz CT molecular complexity index is 1060. The van der Waals surface area contributed by atoms with E-state index in [1.165, 1.54) is 54.6 Å². The molecule has 10 nitrogen and oxygen atoms in total. The van der Waals surface area contributed by atoms with Crippen molar-refractivity contribution in [3.63, 3.8) is 0 Å². The summed E-state index contributed by atoms with van der Waals surface area (Å²) in [5.74, 6) is -1.35. The van der Waals surface area contributed by atoms with Crippen molar-refractivity contribution in [3.8, 4) is 0 Å². The van der Waals surface area contributed by atoms with Crippen LogP contribution in [-0.2, 0) is 24.3 Å². The number of carbonyl (C=O) groups excluding carboxylic acids is 2. The van der Waals surface area contributed by atoms with E-state index in [1.54, 1.807) is 6.92 Å². The number of benzene rings is 2. The lowest BCUT2D eigenvalue weighted by atomic mass is 10.2. The van der Waals surface area contributed by atoms with Gasteiger partial charge in [0.25, 0.3) is 11.6 Å². The number of sulfonamides is 1. The van der Waals surface area contributed by atoms with Crippen molar-refractivity contribution in [2.24, 2.45) is 5.14 Å². The zero-order valence-corrected chi connectivity index (χ0v) is 16.7. The number of rotatable bonds is 8. The second-order valence-corrected chi connectivity index (χ2v) is 7.64. The van der Waals surface area contributed by atoms with E-state index >= 15 is 0 Å². The maximum absolute atomic E-state index is 12.3. The molecule has 30 heavy (non-hydrogen) atoms.